The molecule has 2 aromatic carbocycles. The van der Waals surface area contributed by atoms with E-state index in [2.05, 4.69) is 22.0 Å². The third kappa shape index (κ3) is 3.99. The molecule has 0 spiro atoms. The smallest absolute Gasteiger partial charge is 0.120 e. The van der Waals surface area contributed by atoms with Crippen LogP contribution in [0.25, 0.3) is 0 Å². The molecule has 0 heterocycles. The SMILES string of the molecule is COc1cc(CBr)cc(COc2cccc(CO)c2)c1. The number of halogens is 1. The van der Waals surface area contributed by atoms with E-state index in [4.69, 9.17) is 14.6 Å². The van der Waals surface area contributed by atoms with Gasteiger partial charge in [0.1, 0.15) is 18.1 Å². The molecule has 2 rings (SSSR count). The third-order valence-corrected chi connectivity index (χ3v) is 3.55. The van der Waals surface area contributed by atoms with Gasteiger partial charge in [0.15, 0.2) is 0 Å². The standard InChI is InChI=1S/C16H17BrO3/c1-19-16-7-13(9-17)5-14(8-16)11-20-15-4-2-3-12(6-15)10-18/h2-8,18H,9-11H2,1H3. The number of rotatable bonds is 6. The molecule has 106 valence electrons. The van der Waals surface area contributed by atoms with Gasteiger partial charge in [-0.05, 0) is 41.0 Å². The molecule has 0 aliphatic heterocycles. The van der Waals surface area contributed by atoms with Crippen LogP contribution < -0.4 is 9.47 Å². The van der Waals surface area contributed by atoms with Crippen molar-refractivity contribution in [2.75, 3.05) is 7.11 Å². The molecule has 0 fully saturated rings. The first-order valence-electron chi connectivity index (χ1n) is 6.30. The quantitative estimate of drug-likeness (QED) is 0.818. The first kappa shape index (κ1) is 14.9. The van der Waals surface area contributed by atoms with Crippen molar-refractivity contribution in [1.82, 2.24) is 0 Å². The summed E-state index contributed by atoms with van der Waals surface area (Å²) in [6, 6.07) is 13.5. The topological polar surface area (TPSA) is 38.7 Å². The largest absolute Gasteiger partial charge is 0.497 e. The van der Waals surface area contributed by atoms with Crippen LogP contribution in [0.4, 0.5) is 0 Å². The lowest BCUT2D eigenvalue weighted by molar-refractivity contribution is 0.278. The Bertz CT molecular complexity index is 547. The van der Waals surface area contributed by atoms with Gasteiger partial charge < -0.3 is 14.6 Å². The molecule has 2 aromatic rings. The van der Waals surface area contributed by atoms with Crippen LogP contribution in [-0.4, -0.2) is 12.2 Å². The van der Waals surface area contributed by atoms with Crippen LogP contribution in [0.3, 0.4) is 0 Å². The summed E-state index contributed by atoms with van der Waals surface area (Å²) in [6.07, 6.45) is 0. The van der Waals surface area contributed by atoms with Crippen LogP contribution in [0.15, 0.2) is 42.5 Å². The zero-order valence-electron chi connectivity index (χ0n) is 11.3. The molecule has 0 aromatic heterocycles. The number of hydrogen-bond acceptors (Lipinski definition) is 3. The summed E-state index contributed by atoms with van der Waals surface area (Å²) in [5.41, 5.74) is 3.04. The number of methoxy groups -OCH3 is 1. The molecule has 0 radical (unpaired) electrons. The van der Waals surface area contributed by atoms with Crippen LogP contribution in [0.1, 0.15) is 16.7 Å². The van der Waals surface area contributed by atoms with Crippen molar-refractivity contribution in [1.29, 1.82) is 0 Å². The monoisotopic (exact) mass is 336 g/mol. The summed E-state index contributed by atoms with van der Waals surface area (Å²) < 4.78 is 11.0. The second-order valence-corrected chi connectivity index (χ2v) is 4.98. The Kier molecular flexibility index (Phi) is 5.44. The Hall–Kier alpha value is -1.52. The molecule has 3 nitrogen and oxygen atoms in total. The van der Waals surface area contributed by atoms with E-state index in [0.29, 0.717) is 6.61 Å². The van der Waals surface area contributed by atoms with Crippen molar-refractivity contribution >= 4 is 15.9 Å². The molecule has 0 saturated heterocycles. The maximum absolute atomic E-state index is 9.11. The highest BCUT2D eigenvalue weighted by Gasteiger charge is 2.03. The van der Waals surface area contributed by atoms with Crippen LogP contribution in [0.5, 0.6) is 11.5 Å². The third-order valence-electron chi connectivity index (χ3n) is 2.90. The molecule has 0 atom stereocenters. The zero-order valence-corrected chi connectivity index (χ0v) is 12.9. The van der Waals surface area contributed by atoms with Crippen molar-refractivity contribution in [3.05, 3.63) is 59.2 Å². The van der Waals surface area contributed by atoms with E-state index in [-0.39, 0.29) is 6.61 Å². The Balaban J connectivity index is 2.09. The van der Waals surface area contributed by atoms with Gasteiger partial charge in [0.25, 0.3) is 0 Å². The second-order valence-electron chi connectivity index (χ2n) is 4.42. The van der Waals surface area contributed by atoms with Crippen molar-refractivity contribution in [3.8, 4) is 11.5 Å². The summed E-state index contributed by atoms with van der Waals surface area (Å²) in [6.45, 7) is 0.482. The number of hydrogen-bond donors (Lipinski definition) is 1. The fraction of sp³-hybridized carbons (Fsp3) is 0.250. The maximum Gasteiger partial charge on any atom is 0.120 e. The van der Waals surface area contributed by atoms with Crippen LogP contribution in [0, 0.1) is 0 Å². The number of aliphatic hydroxyl groups excluding tert-OH is 1. The lowest BCUT2D eigenvalue weighted by Gasteiger charge is -2.10. The Morgan fingerprint density at radius 2 is 1.75 bits per heavy atom. The van der Waals surface area contributed by atoms with E-state index in [9.17, 15) is 0 Å². The van der Waals surface area contributed by atoms with Gasteiger partial charge in [-0.25, -0.2) is 0 Å². The maximum atomic E-state index is 9.11. The molecule has 0 aliphatic rings. The molecular weight excluding hydrogens is 320 g/mol. The minimum Gasteiger partial charge on any atom is -0.497 e. The van der Waals surface area contributed by atoms with E-state index < -0.39 is 0 Å². The lowest BCUT2D eigenvalue weighted by atomic mass is 10.1. The van der Waals surface area contributed by atoms with Gasteiger partial charge in [-0.3, -0.25) is 0 Å². The van der Waals surface area contributed by atoms with Crippen LogP contribution in [0.2, 0.25) is 0 Å². The molecule has 0 saturated carbocycles. The number of alkyl halides is 1. The van der Waals surface area contributed by atoms with Gasteiger partial charge in [-0.15, -0.1) is 0 Å². The lowest BCUT2D eigenvalue weighted by Crippen LogP contribution is -1.98. The number of benzene rings is 2. The van der Waals surface area contributed by atoms with Gasteiger partial charge in [-0.1, -0.05) is 34.1 Å². The van der Waals surface area contributed by atoms with E-state index in [0.717, 1.165) is 33.5 Å². The average molecular weight is 337 g/mol. The average Bonchev–Trinajstić information content (AvgIpc) is 2.52. The van der Waals surface area contributed by atoms with E-state index in [1.165, 1.54) is 0 Å². The second kappa shape index (κ2) is 7.31. The molecule has 4 heteroatoms. The molecule has 0 unspecified atom stereocenters. The fourth-order valence-corrected chi connectivity index (χ4v) is 2.23. The van der Waals surface area contributed by atoms with E-state index >= 15 is 0 Å². The van der Waals surface area contributed by atoms with E-state index in [1.807, 2.05) is 36.4 Å². The minimum atomic E-state index is 0.0180. The summed E-state index contributed by atoms with van der Waals surface area (Å²) >= 11 is 3.45. The predicted octanol–water partition coefficient (Wildman–Crippen LogP) is 3.66. The Morgan fingerprint density at radius 1 is 1.00 bits per heavy atom. The summed E-state index contributed by atoms with van der Waals surface area (Å²) in [4.78, 5) is 0. The van der Waals surface area contributed by atoms with Crippen LogP contribution in [-0.2, 0) is 18.5 Å². The molecule has 0 aliphatic carbocycles. The first-order valence-corrected chi connectivity index (χ1v) is 7.42. The summed E-state index contributed by atoms with van der Waals surface area (Å²) in [7, 11) is 1.66. The highest BCUT2D eigenvalue weighted by molar-refractivity contribution is 9.08. The summed E-state index contributed by atoms with van der Waals surface area (Å²) in [5.74, 6) is 1.57. The summed E-state index contributed by atoms with van der Waals surface area (Å²) in [5, 5.41) is 9.88. The number of ether oxygens (including phenoxy) is 2. The normalized spacial score (nSPS) is 10.3. The first-order chi connectivity index (χ1) is 9.75. The Labute approximate surface area is 127 Å². The minimum absolute atomic E-state index is 0.0180. The predicted molar refractivity (Wildman–Crippen MR) is 82.3 cm³/mol. The van der Waals surface area contributed by atoms with Gasteiger partial charge >= 0.3 is 0 Å². The van der Waals surface area contributed by atoms with Crippen LogP contribution >= 0.6 is 15.9 Å². The van der Waals surface area contributed by atoms with Gasteiger partial charge in [0.05, 0.1) is 13.7 Å². The molecule has 1 N–H and O–H groups in total. The molecule has 0 amide bonds. The zero-order chi connectivity index (χ0) is 14.4. The fourth-order valence-electron chi connectivity index (χ4n) is 1.91. The van der Waals surface area contributed by atoms with Crippen molar-refractivity contribution in [2.45, 2.75) is 18.5 Å². The van der Waals surface area contributed by atoms with Crippen molar-refractivity contribution < 1.29 is 14.6 Å². The number of aliphatic hydroxyl groups is 1. The molecule has 20 heavy (non-hydrogen) atoms. The highest BCUT2D eigenvalue weighted by atomic mass is 79.9. The van der Waals surface area contributed by atoms with Gasteiger partial charge in [0, 0.05) is 5.33 Å². The Morgan fingerprint density at radius 3 is 2.45 bits per heavy atom. The van der Waals surface area contributed by atoms with Gasteiger partial charge in [-0.2, -0.15) is 0 Å². The molecule has 0 bridgehead atoms. The van der Waals surface area contributed by atoms with Crippen molar-refractivity contribution in [3.63, 3.8) is 0 Å². The highest BCUT2D eigenvalue weighted by Crippen LogP contribution is 2.21. The van der Waals surface area contributed by atoms with E-state index in [1.54, 1.807) is 7.11 Å². The molecular formula is C16H17BrO3. The van der Waals surface area contributed by atoms with Gasteiger partial charge in [0.2, 0.25) is 0 Å². The van der Waals surface area contributed by atoms with Crippen molar-refractivity contribution in [2.24, 2.45) is 0 Å².